The fraction of sp³-hybridized carbons (Fsp3) is 0.360. The minimum Gasteiger partial charge on any atom is -0.110 e. The first kappa shape index (κ1) is 19.1. The standard InChI is InChI=1S/C25H31P/c1-18-4-8-23(9-5-18)24-12-10-21(11-13-24)19(2)6-7-20(3)22-14-16-25(26)17-15-22/h4,6-8,10,12,14,16H,5,9,11,13,15,17,26H2,1-3H3/b19-6+,20-7+. The monoisotopic (exact) mass is 362 g/mol. The third-order valence-corrected chi connectivity index (χ3v) is 6.18. The highest BCUT2D eigenvalue weighted by Gasteiger charge is 2.13. The fourth-order valence-corrected chi connectivity index (χ4v) is 3.93. The molecule has 1 unspecified atom stereocenters. The Balaban J connectivity index is 1.69. The van der Waals surface area contributed by atoms with Crippen LogP contribution in [-0.2, 0) is 0 Å². The van der Waals surface area contributed by atoms with Crippen molar-refractivity contribution in [2.45, 2.75) is 59.3 Å². The summed E-state index contributed by atoms with van der Waals surface area (Å²) in [7, 11) is 2.82. The van der Waals surface area contributed by atoms with E-state index in [9.17, 15) is 0 Å². The smallest absolute Gasteiger partial charge is 0.0235 e. The largest absolute Gasteiger partial charge is 0.110 e. The first-order valence-corrected chi connectivity index (χ1v) is 10.4. The highest BCUT2D eigenvalue weighted by molar-refractivity contribution is 7.22. The number of allylic oxidation sites excluding steroid dienone is 16. The summed E-state index contributed by atoms with van der Waals surface area (Å²) in [4.78, 5) is 0. The van der Waals surface area contributed by atoms with Crippen LogP contribution in [-0.4, -0.2) is 0 Å². The van der Waals surface area contributed by atoms with Crippen LogP contribution in [0.3, 0.4) is 0 Å². The second-order valence-electron chi connectivity index (χ2n) is 7.72. The van der Waals surface area contributed by atoms with Gasteiger partial charge in [0, 0.05) is 0 Å². The van der Waals surface area contributed by atoms with Gasteiger partial charge in [0.25, 0.3) is 0 Å². The van der Waals surface area contributed by atoms with Crippen molar-refractivity contribution in [3.05, 3.63) is 92.9 Å². The van der Waals surface area contributed by atoms with Crippen molar-refractivity contribution in [3.8, 4) is 0 Å². The predicted octanol–water partition coefficient (Wildman–Crippen LogP) is 7.67. The topological polar surface area (TPSA) is 0 Å². The molecule has 0 saturated heterocycles. The summed E-state index contributed by atoms with van der Waals surface area (Å²) in [6, 6.07) is 0. The van der Waals surface area contributed by atoms with Crippen molar-refractivity contribution in [1.82, 2.24) is 0 Å². The average molecular weight is 362 g/mol. The van der Waals surface area contributed by atoms with E-state index in [0.717, 1.165) is 19.3 Å². The van der Waals surface area contributed by atoms with E-state index in [4.69, 9.17) is 0 Å². The van der Waals surface area contributed by atoms with Gasteiger partial charge in [-0.25, -0.2) is 0 Å². The average Bonchev–Trinajstić information content (AvgIpc) is 2.67. The molecule has 0 aromatic carbocycles. The van der Waals surface area contributed by atoms with Crippen molar-refractivity contribution in [2.75, 3.05) is 0 Å². The lowest BCUT2D eigenvalue weighted by Gasteiger charge is -2.20. The van der Waals surface area contributed by atoms with Gasteiger partial charge in [-0.3, -0.25) is 0 Å². The van der Waals surface area contributed by atoms with E-state index in [-0.39, 0.29) is 0 Å². The van der Waals surface area contributed by atoms with Gasteiger partial charge in [-0.2, -0.15) is 0 Å². The highest BCUT2D eigenvalue weighted by Crippen LogP contribution is 2.32. The van der Waals surface area contributed by atoms with Crippen LogP contribution in [0.5, 0.6) is 0 Å². The molecule has 0 heterocycles. The Morgan fingerprint density at radius 2 is 1.23 bits per heavy atom. The molecule has 0 N–H and O–H groups in total. The molecule has 0 saturated carbocycles. The van der Waals surface area contributed by atoms with Crippen LogP contribution in [0.2, 0.25) is 0 Å². The normalized spacial score (nSPS) is 22.0. The molecule has 1 heteroatoms. The van der Waals surface area contributed by atoms with E-state index in [0.29, 0.717) is 0 Å². The van der Waals surface area contributed by atoms with Crippen LogP contribution in [0.4, 0.5) is 0 Å². The van der Waals surface area contributed by atoms with Gasteiger partial charge < -0.3 is 0 Å². The minimum absolute atomic E-state index is 1.16. The molecule has 0 nitrogen and oxygen atoms in total. The van der Waals surface area contributed by atoms with Crippen molar-refractivity contribution in [2.24, 2.45) is 0 Å². The highest BCUT2D eigenvalue weighted by atomic mass is 31.0. The second kappa shape index (κ2) is 8.83. The van der Waals surface area contributed by atoms with E-state index in [1.165, 1.54) is 63.6 Å². The molecule has 0 fully saturated rings. The van der Waals surface area contributed by atoms with E-state index in [2.05, 4.69) is 78.6 Å². The quantitative estimate of drug-likeness (QED) is 0.355. The molecule has 3 aliphatic carbocycles. The SMILES string of the molecule is CC1=CC=C(C2=CC=C(/C(C)=C/C=C(\C)C3=CC=C(P)CC3)CC2)CC1. The first-order chi connectivity index (χ1) is 12.5. The molecule has 1 atom stereocenters. The molecule has 3 aliphatic rings. The molecular formula is C25H31P. The maximum atomic E-state index is 2.82. The molecular weight excluding hydrogens is 331 g/mol. The first-order valence-electron chi connectivity index (χ1n) is 9.80. The zero-order valence-corrected chi connectivity index (χ0v) is 17.6. The summed E-state index contributed by atoms with van der Waals surface area (Å²) >= 11 is 0. The summed E-state index contributed by atoms with van der Waals surface area (Å²) in [5.74, 6) is 0. The van der Waals surface area contributed by atoms with E-state index in [1.54, 1.807) is 0 Å². The molecule has 0 aromatic rings. The lowest BCUT2D eigenvalue weighted by atomic mass is 9.86. The Labute approximate surface area is 161 Å². The Morgan fingerprint density at radius 1 is 0.692 bits per heavy atom. The van der Waals surface area contributed by atoms with Gasteiger partial charge in [-0.15, -0.1) is 9.24 Å². The van der Waals surface area contributed by atoms with Gasteiger partial charge in [-0.05, 0) is 92.7 Å². The molecule has 0 spiro atoms. The van der Waals surface area contributed by atoms with Crippen molar-refractivity contribution in [1.29, 1.82) is 0 Å². The van der Waals surface area contributed by atoms with E-state index in [1.807, 2.05) is 0 Å². The van der Waals surface area contributed by atoms with Gasteiger partial charge in [0.15, 0.2) is 0 Å². The van der Waals surface area contributed by atoms with Crippen molar-refractivity contribution < 1.29 is 0 Å². The molecule has 3 rings (SSSR count). The Hall–Kier alpha value is -1.65. The van der Waals surface area contributed by atoms with Gasteiger partial charge in [0.05, 0.1) is 0 Å². The third kappa shape index (κ3) is 4.95. The molecule has 136 valence electrons. The maximum Gasteiger partial charge on any atom is -0.0235 e. The summed E-state index contributed by atoms with van der Waals surface area (Å²) < 4.78 is 0. The molecule has 0 aromatic heterocycles. The van der Waals surface area contributed by atoms with Crippen LogP contribution >= 0.6 is 9.24 Å². The Morgan fingerprint density at radius 3 is 1.69 bits per heavy atom. The third-order valence-electron chi connectivity index (χ3n) is 5.70. The summed E-state index contributed by atoms with van der Waals surface area (Å²) in [6.07, 6.45) is 25.4. The predicted molar refractivity (Wildman–Crippen MR) is 119 cm³/mol. The summed E-state index contributed by atoms with van der Waals surface area (Å²) in [5, 5.41) is 1.40. The number of hydrogen-bond acceptors (Lipinski definition) is 0. The van der Waals surface area contributed by atoms with Crippen molar-refractivity contribution >= 4 is 9.24 Å². The van der Waals surface area contributed by atoms with E-state index >= 15 is 0 Å². The minimum atomic E-state index is 1.16. The maximum absolute atomic E-state index is 2.82. The van der Waals surface area contributed by atoms with Crippen molar-refractivity contribution in [3.63, 3.8) is 0 Å². The summed E-state index contributed by atoms with van der Waals surface area (Å²) in [6.45, 7) is 6.70. The summed E-state index contributed by atoms with van der Waals surface area (Å²) in [5.41, 5.74) is 10.3. The fourth-order valence-electron chi connectivity index (χ4n) is 3.69. The van der Waals surface area contributed by atoms with Crippen LogP contribution in [0.1, 0.15) is 59.3 Å². The zero-order valence-electron chi connectivity index (χ0n) is 16.4. The lowest BCUT2D eigenvalue weighted by molar-refractivity contribution is 0.854. The molecule has 0 radical (unpaired) electrons. The molecule has 26 heavy (non-hydrogen) atoms. The van der Waals surface area contributed by atoms with Crippen LogP contribution < -0.4 is 0 Å². The van der Waals surface area contributed by atoms with Gasteiger partial charge >= 0.3 is 0 Å². The number of rotatable bonds is 4. The molecule has 0 bridgehead atoms. The number of hydrogen-bond donors (Lipinski definition) is 0. The second-order valence-corrected chi connectivity index (χ2v) is 8.46. The van der Waals surface area contributed by atoms with Crippen LogP contribution in [0.25, 0.3) is 0 Å². The lowest BCUT2D eigenvalue weighted by Crippen LogP contribution is -2.00. The molecule has 0 aliphatic heterocycles. The van der Waals surface area contributed by atoms with Gasteiger partial charge in [0.2, 0.25) is 0 Å². The Kier molecular flexibility index (Phi) is 6.49. The van der Waals surface area contributed by atoms with Gasteiger partial charge in [-0.1, -0.05) is 59.5 Å². The van der Waals surface area contributed by atoms with Gasteiger partial charge in [0.1, 0.15) is 0 Å². The zero-order chi connectivity index (χ0) is 18.5. The Bertz CT molecular complexity index is 816. The van der Waals surface area contributed by atoms with E-state index < -0.39 is 0 Å². The van der Waals surface area contributed by atoms with Crippen LogP contribution in [0.15, 0.2) is 92.9 Å². The van der Waals surface area contributed by atoms with Crippen LogP contribution in [0, 0.1) is 0 Å². The molecule has 0 amide bonds.